The van der Waals surface area contributed by atoms with E-state index >= 15 is 0 Å². The summed E-state index contributed by atoms with van der Waals surface area (Å²) in [5.74, 6) is -1.45. The van der Waals surface area contributed by atoms with Crippen molar-refractivity contribution in [2.24, 2.45) is 0 Å². The number of aromatic nitrogens is 1. The lowest BCUT2D eigenvalue weighted by atomic mass is 10.1. The van der Waals surface area contributed by atoms with Gasteiger partial charge in [0.1, 0.15) is 6.04 Å². The Labute approximate surface area is 114 Å². The highest BCUT2D eigenvalue weighted by Gasteiger charge is 2.39. The summed E-state index contributed by atoms with van der Waals surface area (Å²) in [5.41, 5.74) is 1.34. The van der Waals surface area contributed by atoms with Crippen molar-refractivity contribution in [2.45, 2.75) is 18.6 Å². The van der Waals surface area contributed by atoms with Crippen LogP contribution in [-0.4, -0.2) is 50.7 Å². The predicted octanol–water partition coefficient (Wildman–Crippen LogP) is 0.828. The molecule has 104 valence electrons. The van der Waals surface area contributed by atoms with Gasteiger partial charge in [-0.15, -0.1) is 0 Å². The summed E-state index contributed by atoms with van der Waals surface area (Å²) >= 11 is 0. The molecule has 0 aliphatic carbocycles. The number of H-pyrrole nitrogens is 1. The number of nitrogens with one attached hydrogen (secondary N) is 1. The molecule has 0 bridgehead atoms. The fourth-order valence-electron chi connectivity index (χ4n) is 2.62. The Morgan fingerprint density at radius 3 is 2.85 bits per heavy atom. The van der Waals surface area contributed by atoms with Gasteiger partial charge in [-0.05, 0) is 24.3 Å². The summed E-state index contributed by atoms with van der Waals surface area (Å²) < 4.78 is 0. The number of hydrogen-bond acceptors (Lipinski definition) is 3. The Hall–Kier alpha value is -2.34. The minimum atomic E-state index is -1.09. The number of aliphatic hydroxyl groups excluding tert-OH is 1. The molecule has 1 aromatic carbocycles. The first kappa shape index (κ1) is 12.7. The topological polar surface area (TPSA) is 93.6 Å². The molecule has 3 rings (SSSR count). The van der Waals surface area contributed by atoms with Crippen LogP contribution in [0.15, 0.2) is 30.5 Å². The SMILES string of the molecule is O=C(O)[C@@H]1C[C@H](O)CN1C(=O)c1ccc2[nH]ccc2c1. The molecule has 6 heteroatoms. The number of rotatable bonds is 2. The van der Waals surface area contributed by atoms with Gasteiger partial charge in [0.2, 0.25) is 0 Å². The third-order valence-corrected chi connectivity index (χ3v) is 3.63. The van der Waals surface area contributed by atoms with Crippen LogP contribution in [0.5, 0.6) is 0 Å². The van der Waals surface area contributed by atoms with E-state index in [9.17, 15) is 14.7 Å². The van der Waals surface area contributed by atoms with Crippen LogP contribution < -0.4 is 0 Å². The van der Waals surface area contributed by atoms with Crippen LogP contribution in [0.4, 0.5) is 0 Å². The maximum Gasteiger partial charge on any atom is 0.326 e. The number of benzene rings is 1. The standard InChI is InChI=1S/C14H14N2O4/c17-10-6-12(14(19)20)16(7-10)13(18)9-1-2-11-8(5-9)3-4-15-11/h1-5,10,12,15,17H,6-7H2,(H,19,20)/t10-,12-/m0/s1. The fraction of sp³-hybridized carbons (Fsp3) is 0.286. The van der Waals surface area contributed by atoms with Crippen LogP contribution >= 0.6 is 0 Å². The highest BCUT2D eigenvalue weighted by Crippen LogP contribution is 2.22. The van der Waals surface area contributed by atoms with Gasteiger partial charge in [0.05, 0.1) is 6.10 Å². The van der Waals surface area contributed by atoms with Gasteiger partial charge in [-0.25, -0.2) is 4.79 Å². The summed E-state index contributed by atoms with van der Waals surface area (Å²) in [4.78, 5) is 27.8. The molecule has 2 atom stereocenters. The number of β-amino-alcohol motifs (C(OH)–C–C–N with tert-alkyl or cyclic N) is 1. The number of carboxylic acid groups (broad SMARTS) is 1. The zero-order valence-electron chi connectivity index (χ0n) is 10.6. The van der Waals surface area contributed by atoms with Crippen molar-refractivity contribution in [3.05, 3.63) is 36.0 Å². The number of aromatic amines is 1. The first-order valence-corrected chi connectivity index (χ1v) is 6.35. The van der Waals surface area contributed by atoms with Crippen molar-refractivity contribution in [1.82, 2.24) is 9.88 Å². The van der Waals surface area contributed by atoms with Crippen molar-refractivity contribution in [2.75, 3.05) is 6.54 Å². The van der Waals surface area contributed by atoms with Gasteiger partial charge in [0.15, 0.2) is 0 Å². The molecule has 0 saturated carbocycles. The average molecular weight is 274 g/mol. The van der Waals surface area contributed by atoms with Gasteiger partial charge < -0.3 is 20.1 Å². The monoisotopic (exact) mass is 274 g/mol. The number of amides is 1. The Kier molecular flexibility index (Phi) is 2.94. The second-order valence-electron chi connectivity index (χ2n) is 4.98. The van der Waals surface area contributed by atoms with E-state index in [4.69, 9.17) is 5.11 Å². The molecule has 6 nitrogen and oxygen atoms in total. The summed E-state index contributed by atoms with van der Waals surface area (Å²) in [5, 5.41) is 19.6. The number of carbonyl (C=O) groups excluding carboxylic acids is 1. The van der Waals surface area contributed by atoms with Crippen LogP contribution in [0.25, 0.3) is 10.9 Å². The molecule has 2 aromatic rings. The van der Waals surface area contributed by atoms with Gasteiger partial charge in [-0.2, -0.15) is 0 Å². The summed E-state index contributed by atoms with van der Waals surface area (Å²) in [7, 11) is 0. The second-order valence-corrected chi connectivity index (χ2v) is 4.98. The van der Waals surface area contributed by atoms with Crippen molar-refractivity contribution in [3.63, 3.8) is 0 Å². The van der Waals surface area contributed by atoms with Gasteiger partial charge >= 0.3 is 5.97 Å². The Morgan fingerprint density at radius 2 is 2.10 bits per heavy atom. The molecule has 1 amide bonds. The van der Waals surface area contributed by atoms with Gasteiger partial charge in [-0.3, -0.25) is 4.79 Å². The number of hydrogen-bond donors (Lipinski definition) is 3. The maximum atomic E-state index is 12.4. The number of carbonyl (C=O) groups is 2. The van der Waals surface area contributed by atoms with Crippen LogP contribution in [0.1, 0.15) is 16.8 Å². The fourth-order valence-corrected chi connectivity index (χ4v) is 2.62. The number of aliphatic carboxylic acids is 1. The molecule has 1 aromatic heterocycles. The van der Waals surface area contributed by atoms with Crippen LogP contribution in [-0.2, 0) is 4.79 Å². The predicted molar refractivity (Wildman–Crippen MR) is 71.4 cm³/mol. The maximum absolute atomic E-state index is 12.4. The Morgan fingerprint density at radius 1 is 1.30 bits per heavy atom. The van der Waals surface area contributed by atoms with E-state index in [0.717, 1.165) is 10.9 Å². The molecule has 20 heavy (non-hydrogen) atoms. The Balaban J connectivity index is 1.92. The van der Waals surface area contributed by atoms with Gasteiger partial charge in [0.25, 0.3) is 5.91 Å². The van der Waals surface area contributed by atoms with Crippen molar-refractivity contribution in [1.29, 1.82) is 0 Å². The molecular weight excluding hydrogens is 260 g/mol. The van der Waals surface area contributed by atoms with Gasteiger partial charge in [-0.1, -0.05) is 0 Å². The van der Waals surface area contributed by atoms with Crippen LogP contribution in [0, 0.1) is 0 Å². The normalized spacial score (nSPS) is 22.4. The van der Waals surface area contributed by atoms with E-state index in [1.807, 2.05) is 6.07 Å². The molecule has 3 N–H and O–H groups in total. The number of nitrogens with zero attached hydrogens (tertiary/aromatic N) is 1. The van der Waals surface area contributed by atoms with E-state index in [-0.39, 0.29) is 18.9 Å². The smallest absolute Gasteiger partial charge is 0.326 e. The van der Waals surface area contributed by atoms with E-state index in [0.29, 0.717) is 5.56 Å². The van der Waals surface area contributed by atoms with Crippen LogP contribution in [0.3, 0.4) is 0 Å². The molecule has 2 heterocycles. The minimum Gasteiger partial charge on any atom is -0.480 e. The lowest BCUT2D eigenvalue weighted by Gasteiger charge is -2.21. The molecule has 1 aliphatic heterocycles. The van der Waals surface area contributed by atoms with E-state index < -0.39 is 18.1 Å². The summed E-state index contributed by atoms with van der Waals surface area (Å²) in [6, 6.07) is 6.05. The van der Waals surface area contributed by atoms with Crippen LogP contribution in [0.2, 0.25) is 0 Å². The average Bonchev–Trinajstić information content (AvgIpc) is 3.02. The van der Waals surface area contributed by atoms with E-state index in [1.165, 1.54) is 4.90 Å². The summed E-state index contributed by atoms with van der Waals surface area (Å²) in [6.07, 6.45) is 1.07. The molecule has 1 fully saturated rings. The third kappa shape index (κ3) is 2.04. The Bertz CT molecular complexity index is 679. The zero-order valence-corrected chi connectivity index (χ0v) is 10.6. The van der Waals surface area contributed by atoms with Crippen molar-refractivity contribution < 1.29 is 19.8 Å². The first-order chi connectivity index (χ1) is 9.56. The number of carboxylic acids is 1. The number of likely N-dealkylation sites (tertiary alicyclic amines) is 1. The number of fused-ring (bicyclic) bond motifs is 1. The molecule has 0 spiro atoms. The quantitative estimate of drug-likeness (QED) is 0.756. The lowest BCUT2D eigenvalue weighted by molar-refractivity contribution is -0.141. The minimum absolute atomic E-state index is 0.0565. The number of aliphatic hydroxyl groups is 1. The highest BCUT2D eigenvalue weighted by molar-refractivity contribution is 6.00. The molecular formula is C14H14N2O4. The zero-order chi connectivity index (χ0) is 14.3. The summed E-state index contributed by atoms with van der Waals surface area (Å²) in [6.45, 7) is 0.0565. The highest BCUT2D eigenvalue weighted by atomic mass is 16.4. The van der Waals surface area contributed by atoms with Crippen molar-refractivity contribution in [3.8, 4) is 0 Å². The molecule has 1 saturated heterocycles. The van der Waals surface area contributed by atoms with E-state index in [1.54, 1.807) is 24.4 Å². The molecule has 0 radical (unpaired) electrons. The second kappa shape index (κ2) is 4.64. The molecule has 1 aliphatic rings. The van der Waals surface area contributed by atoms with E-state index in [2.05, 4.69) is 4.98 Å². The molecule has 0 unspecified atom stereocenters. The lowest BCUT2D eigenvalue weighted by Crippen LogP contribution is -2.40. The largest absolute Gasteiger partial charge is 0.480 e. The first-order valence-electron chi connectivity index (χ1n) is 6.35. The van der Waals surface area contributed by atoms with Gasteiger partial charge in [0, 0.05) is 35.6 Å². The van der Waals surface area contributed by atoms with Crippen molar-refractivity contribution >= 4 is 22.8 Å². The third-order valence-electron chi connectivity index (χ3n) is 3.63.